The second-order valence-electron chi connectivity index (χ2n) is 6.39. The molecule has 0 saturated heterocycles. The molecule has 0 aliphatic carbocycles. The van der Waals surface area contributed by atoms with E-state index in [-0.39, 0.29) is 17.3 Å². The maximum absolute atomic E-state index is 12.5. The highest BCUT2D eigenvalue weighted by Crippen LogP contribution is 2.20. The molecule has 2 aromatic carbocycles. The van der Waals surface area contributed by atoms with Crippen molar-refractivity contribution in [3.63, 3.8) is 0 Å². The van der Waals surface area contributed by atoms with E-state index < -0.39 is 10.0 Å². The van der Waals surface area contributed by atoms with Crippen LogP contribution in [0.4, 0.5) is 5.69 Å². The Labute approximate surface area is 164 Å². The van der Waals surface area contributed by atoms with Crippen LogP contribution in [0.3, 0.4) is 0 Å². The van der Waals surface area contributed by atoms with E-state index in [1.165, 1.54) is 24.3 Å². The Morgan fingerprint density at radius 1 is 0.929 bits per heavy atom. The molecule has 0 fully saturated rings. The lowest BCUT2D eigenvalue weighted by Gasteiger charge is -2.12. The van der Waals surface area contributed by atoms with Gasteiger partial charge in [-0.25, -0.2) is 13.1 Å². The largest absolute Gasteiger partial charge is 0.322 e. The van der Waals surface area contributed by atoms with Gasteiger partial charge in [0.1, 0.15) is 0 Å². The monoisotopic (exact) mass is 395 g/mol. The van der Waals surface area contributed by atoms with Crippen molar-refractivity contribution in [2.75, 3.05) is 5.32 Å². The maximum Gasteiger partial charge on any atom is 0.255 e. The predicted octanol–water partition coefficient (Wildman–Crippen LogP) is 3.43. The smallest absolute Gasteiger partial charge is 0.255 e. The summed E-state index contributed by atoms with van der Waals surface area (Å²) in [5.74, 6) is -0.289. The number of hydrogen-bond donors (Lipinski definition) is 2. The number of nitrogens with one attached hydrogen (secondary N) is 2. The van der Waals surface area contributed by atoms with Crippen LogP contribution in [0.5, 0.6) is 0 Å². The van der Waals surface area contributed by atoms with Gasteiger partial charge >= 0.3 is 0 Å². The molecule has 28 heavy (non-hydrogen) atoms. The highest BCUT2D eigenvalue weighted by atomic mass is 32.2. The number of amides is 1. The van der Waals surface area contributed by atoms with Gasteiger partial charge in [-0.15, -0.1) is 0 Å². The van der Waals surface area contributed by atoms with Gasteiger partial charge in [0.05, 0.1) is 17.1 Å². The molecule has 1 heterocycles. The summed E-state index contributed by atoms with van der Waals surface area (Å²) >= 11 is 0. The Hall–Kier alpha value is -3.03. The van der Waals surface area contributed by atoms with Crippen LogP contribution < -0.4 is 10.0 Å². The molecule has 6 nitrogen and oxygen atoms in total. The number of hydrogen-bond acceptors (Lipinski definition) is 4. The molecule has 0 aliphatic rings. The van der Waals surface area contributed by atoms with Crippen molar-refractivity contribution in [1.29, 1.82) is 0 Å². The minimum atomic E-state index is -3.69. The van der Waals surface area contributed by atoms with E-state index in [4.69, 9.17) is 0 Å². The van der Waals surface area contributed by atoms with Crippen LogP contribution in [0.25, 0.3) is 0 Å². The number of rotatable bonds is 6. The van der Waals surface area contributed by atoms with Crippen molar-refractivity contribution in [3.8, 4) is 0 Å². The third kappa shape index (κ3) is 4.62. The molecule has 3 aromatic rings. The fraction of sp³-hybridized carbons (Fsp3) is 0.143. The Balaban J connectivity index is 1.71. The molecule has 144 valence electrons. The molecule has 7 heteroatoms. The van der Waals surface area contributed by atoms with Gasteiger partial charge in [0.2, 0.25) is 10.0 Å². The Morgan fingerprint density at radius 3 is 2.21 bits per heavy atom. The topological polar surface area (TPSA) is 88.2 Å². The summed E-state index contributed by atoms with van der Waals surface area (Å²) in [6.07, 6.45) is 1.60. The number of sulfonamides is 1. The lowest BCUT2D eigenvalue weighted by molar-refractivity contribution is 0.102. The fourth-order valence-electron chi connectivity index (χ4n) is 2.74. The maximum atomic E-state index is 12.5. The summed E-state index contributed by atoms with van der Waals surface area (Å²) in [7, 11) is -3.69. The molecule has 1 aromatic heterocycles. The zero-order chi connectivity index (χ0) is 20.1. The van der Waals surface area contributed by atoms with Crippen molar-refractivity contribution in [2.45, 2.75) is 25.3 Å². The first-order chi connectivity index (χ1) is 13.4. The molecule has 0 radical (unpaired) electrons. The molecule has 1 amide bonds. The minimum Gasteiger partial charge on any atom is -0.322 e. The van der Waals surface area contributed by atoms with Crippen LogP contribution in [0.1, 0.15) is 27.2 Å². The zero-order valence-electron chi connectivity index (χ0n) is 15.6. The Kier molecular flexibility index (Phi) is 5.87. The van der Waals surface area contributed by atoms with E-state index in [1.807, 2.05) is 32.0 Å². The van der Waals surface area contributed by atoms with Crippen molar-refractivity contribution < 1.29 is 13.2 Å². The van der Waals surface area contributed by atoms with Crippen molar-refractivity contribution >= 4 is 21.6 Å². The summed E-state index contributed by atoms with van der Waals surface area (Å²) in [6.45, 7) is 3.94. The third-order valence-corrected chi connectivity index (χ3v) is 5.73. The second-order valence-corrected chi connectivity index (χ2v) is 8.16. The molecule has 0 bridgehead atoms. The average molecular weight is 395 g/mol. The molecule has 0 unspecified atom stereocenters. The summed E-state index contributed by atoms with van der Waals surface area (Å²) in [5.41, 5.74) is 3.70. The van der Waals surface area contributed by atoms with E-state index in [2.05, 4.69) is 15.0 Å². The zero-order valence-corrected chi connectivity index (χ0v) is 16.5. The summed E-state index contributed by atoms with van der Waals surface area (Å²) in [5, 5.41) is 2.89. The molecular weight excluding hydrogens is 374 g/mol. The van der Waals surface area contributed by atoms with Gasteiger partial charge < -0.3 is 5.32 Å². The number of carbonyl (C=O) groups excluding carboxylic acids is 1. The quantitative estimate of drug-likeness (QED) is 0.669. The minimum absolute atomic E-state index is 0.0899. The third-order valence-electron chi connectivity index (χ3n) is 4.32. The number of anilines is 1. The highest BCUT2D eigenvalue weighted by Gasteiger charge is 2.16. The number of nitrogens with zero attached hydrogens (tertiary/aromatic N) is 1. The standard InChI is InChI=1S/C21H21N3O3S/c1-15-6-5-7-16(2)20(15)24-21(25)17-9-11-19(12-10-17)28(26,27)23-14-18-8-3-4-13-22-18/h3-13,23H,14H2,1-2H3,(H,24,25). The van der Waals surface area contributed by atoms with E-state index in [9.17, 15) is 13.2 Å². The first kappa shape index (κ1) is 19.7. The van der Waals surface area contributed by atoms with Gasteiger partial charge in [-0.3, -0.25) is 9.78 Å². The van der Waals surface area contributed by atoms with E-state index in [0.29, 0.717) is 11.3 Å². The molecule has 0 atom stereocenters. The number of carbonyl (C=O) groups is 1. The van der Waals surface area contributed by atoms with Crippen LogP contribution in [0.15, 0.2) is 71.8 Å². The SMILES string of the molecule is Cc1cccc(C)c1NC(=O)c1ccc(S(=O)(=O)NCc2ccccn2)cc1. The van der Waals surface area contributed by atoms with Gasteiger partial charge in [0, 0.05) is 17.4 Å². The van der Waals surface area contributed by atoms with Gasteiger partial charge in [-0.2, -0.15) is 0 Å². The van der Waals surface area contributed by atoms with Crippen molar-refractivity contribution in [3.05, 3.63) is 89.2 Å². The number of aromatic nitrogens is 1. The lowest BCUT2D eigenvalue weighted by atomic mass is 10.1. The van der Waals surface area contributed by atoms with Crippen LogP contribution in [-0.2, 0) is 16.6 Å². The van der Waals surface area contributed by atoms with Crippen LogP contribution >= 0.6 is 0 Å². The first-order valence-electron chi connectivity index (χ1n) is 8.74. The van der Waals surface area contributed by atoms with E-state index in [0.717, 1.165) is 16.8 Å². The Morgan fingerprint density at radius 2 is 1.61 bits per heavy atom. The molecular formula is C21H21N3O3S. The summed E-state index contributed by atoms with van der Waals surface area (Å²) in [4.78, 5) is 16.7. The second kappa shape index (κ2) is 8.33. The first-order valence-corrected chi connectivity index (χ1v) is 10.2. The fourth-order valence-corrected chi connectivity index (χ4v) is 3.74. The van der Waals surface area contributed by atoms with Crippen molar-refractivity contribution in [1.82, 2.24) is 9.71 Å². The van der Waals surface area contributed by atoms with Gasteiger partial charge in [0.15, 0.2) is 0 Å². The number of pyridine rings is 1. The highest BCUT2D eigenvalue weighted by molar-refractivity contribution is 7.89. The van der Waals surface area contributed by atoms with E-state index >= 15 is 0 Å². The summed E-state index contributed by atoms with van der Waals surface area (Å²) in [6, 6.07) is 16.9. The lowest BCUT2D eigenvalue weighted by Crippen LogP contribution is -2.23. The van der Waals surface area contributed by atoms with Gasteiger partial charge in [-0.05, 0) is 61.4 Å². The molecule has 0 spiro atoms. The normalized spacial score (nSPS) is 11.2. The van der Waals surface area contributed by atoms with Gasteiger partial charge in [-0.1, -0.05) is 24.3 Å². The number of aryl methyl sites for hydroxylation is 2. The Bertz CT molecular complexity index is 1060. The molecule has 0 aliphatic heterocycles. The van der Waals surface area contributed by atoms with Crippen LogP contribution in [0, 0.1) is 13.8 Å². The van der Waals surface area contributed by atoms with Crippen molar-refractivity contribution in [2.24, 2.45) is 0 Å². The average Bonchev–Trinajstić information content (AvgIpc) is 2.70. The van der Waals surface area contributed by atoms with Gasteiger partial charge in [0.25, 0.3) is 5.91 Å². The van der Waals surface area contributed by atoms with Crippen LogP contribution in [0.2, 0.25) is 0 Å². The number of benzene rings is 2. The number of para-hydroxylation sites is 1. The predicted molar refractivity (Wildman–Crippen MR) is 109 cm³/mol. The summed E-state index contributed by atoms with van der Waals surface area (Å²) < 4.78 is 27.4. The molecule has 3 rings (SSSR count). The molecule has 2 N–H and O–H groups in total. The molecule has 0 saturated carbocycles. The van der Waals surface area contributed by atoms with E-state index in [1.54, 1.807) is 24.4 Å². The van der Waals surface area contributed by atoms with Crippen LogP contribution in [-0.4, -0.2) is 19.3 Å².